The third-order valence-corrected chi connectivity index (χ3v) is 19.4. The Morgan fingerprint density at radius 2 is 0.453 bits per heavy atom. The minimum Gasteiger partial charge on any atom is -0.310 e. The van der Waals surface area contributed by atoms with Crippen LogP contribution in [0.3, 0.4) is 0 Å². The molecule has 0 amide bonds. The van der Waals surface area contributed by atoms with E-state index in [1.165, 1.54) is 44.5 Å². The summed E-state index contributed by atoms with van der Waals surface area (Å²) in [6.45, 7) is 18.1. The van der Waals surface area contributed by atoms with Gasteiger partial charge in [-0.05, 0) is 105 Å². The molecule has 0 bridgehead atoms. The smallest absolute Gasteiger partial charge is 0.194 e. The first kappa shape index (κ1) is 54.1. The van der Waals surface area contributed by atoms with Gasteiger partial charge in [-0.3, -0.25) is 9.59 Å². The van der Waals surface area contributed by atoms with Gasteiger partial charge in [-0.15, -0.1) is 0 Å². The molecule has 0 N–H and O–H groups in total. The summed E-state index contributed by atoms with van der Waals surface area (Å²) in [5, 5.41) is 5.71. The number of hydrogen-bond acceptors (Lipinski definition) is 4. The van der Waals surface area contributed by atoms with Crippen molar-refractivity contribution in [2.45, 2.75) is 77.0 Å². The predicted molar refractivity (Wildman–Crippen MR) is 363 cm³/mol. The lowest BCUT2D eigenvalue weighted by atomic mass is 9.78. The van der Waals surface area contributed by atoms with E-state index in [4.69, 9.17) is 0 Å². The molecule has 0 aromatic heterocycles. The van der Waals surface area contributed by atoms with Gasteiger partial charge in [0.25, 0.3) is 0 Å². The van der Waals surface area contributed by atoms with Crippen LogP contribution in [0.1, 0.15) is 99.9 Å². The molecule has 86 heavy (non-hydrogen) atoms. The molecule has 0 aliphatic heterocycles. The summed E-state index contributed by atoms with van der Waals surface area (Å²) < 4.78 is 0. The van der Waals surface area contributed by atoms with Gasteiger partial charge in [-0.1, -0.05) is 262 Å². The van der Waals surface area contributed by atoms with Crippen LogP contribution in [0.4, 0.5) is 34.1 Å². The van der Waals surface area contributed by atoms with E-state index in [1.54, 1.807) is 0 Å². The second-order valence-corrected chi connectivity index (χ2v) is 25.6. The van der Waals surface area contributed by atoms with Gasteiger partial charge in [-0.25, -0.2) is 0 Å². The van der Waals surface area contributed by atoms with Crippen LogP contribution < -0.4 is 20.7 Å². The van der Waals surface area contributed by atoms with Gasteiger partial charge in [0.2, 0.25) is 0 Å². The number of hydrogen-bond donors (Lipinski definition) is 0. The zero-order valence-corrected chi connectivity index (χ0v) is 50.1. The highest BCUT2D eigenvalue weighted by molar-refractivity contribution is 6.32. The van der Waals surface area contributed by atoms with E-state index in [0.717, 1.165) is 66.8 Å². The average Bonchev–Trinajstić information content (AvgIpc) is 0.704. The van der Waals surface area contributed by atoms with E-state index in [2.05, 4.69) is 308 Å². The van der Waals surface area contributed by atoms with E-state index in [9.17, 15) is 0 Å². The molecule has 4 nitrogen and oxygen atoms in total. The normalized spacial score (nSPS) is 12.5. The Balaban J connectivity index is 0.980. The van der Waals surface area contributed by atoms with Crippen molar-refractivity contribution in [3.05, 3.63) is 332 Å². The fourth-order valence-electron chi connectivity index (χ4n) is 13.9. The van der Waals surface area contributed by atoms with E-state index in [0.29, 0.717) is 21.5 Å². The van der Waals surface area contributed by atoms with E-state index in [-0.39, 0.29) is 32.5 Å². The topological polar surface area (TPSA) is 40.6 Å². The molecular weight excluding hydrogens is 1040 g/mol. The molecule has 4 heteroatoms. The second kappa shape index (κ2) is 20.4. The summed E-state index contributed by atoms with van der Waals surface area (Å²) in [4.78, 5) is 36.5. The average molecular weight is 1110 g/mol. The standard InChI is InChI=1S/C82H68N2O2/c1-79(2,53-23-13-9-14-24-53)57-35-43-61(44-36-57)83(62-45-37-58(38-46-62)80(3,4)54-25-15-10-16-26-54)71-51-69-75-73-65(71)31-21-33-67(73)78(86)70-52-72(66-32-22-34-68(77(69)85)74(66)76(70)75)84(63-47-39-59(40-48-63)81(5,6)55-27-17-11-18-28-55)64-49-41-60(42-50-64)82(7,8)56-29-19-12-20-30-56/h9-52H,1-8H3. The first-order valence-corrected chi connectivity index (χ1v) is 30.1. The summed E-state index contributed by atoms with van der Waals surface area (Å²) in [6.07, 6.45) is 0. The van der Waals surface area contributed by atoms with Crippen LogP contribution in [-0.2, 0) is 21.7 Å². The van der Waals surface area contributed by atoms with Gasteiger partial charge < -0.3 is 9.80 Å². The van der Waals surface area contributed by atoms with E-state index in [1.807, 2.05) is 24.3 Å². The predicted octanol–water partition coefficient (Wildman–Crippen LogP) is 20.7. The van der Waals surface area contributed by atoms with E-state index < -0.39 is 0 Å². The molecule has 0 atom stereocenters. The first-order valence-electron chi connectivity index (χ1n) is 30.1. The molecule has 0 unspecified atom stereocenters. The van der Waals surface area contributed by atoms with Gasteiger partial charge in [-0.2, -0.15) is 0 Å². The highest BCUT2D eigenvalue weighted by Gasteiger charge is 2.33. The van der Waals surface area contributed by atoms with Crippen LogP contribution in [0, 0.1) is 0 Å². The maximum atomic E-state index is 16.0. The highest BCUT2D eigenvalue weighted by Crippen LogP contribution is 2.53. The van der Waals surface area contributed by atoms with Crippen LogP contribution in [0.2, 0.25) is 0 Å². The molecule has 0 radical (unpaired) electrons. The fourth-order valence-corrected chi connectivity index (χ4v) is 13.9. The SMILES string of the molecule is CC(C)(c1ccccc1)c1ccc(N(c2ccc(C(C)(C)c3ccccc3)cc2)c2cc3c4c5c2cccc5c(=O)c2cc(N(c5ccc(C(C)(C)c6ccccc6)cc5)c5ccc(C(C)(C)c6ccccc6)cc5)c5cccc(c3=O)c5c2-4)cc1. The molecule has 2 aliphatic carbocycles. The summed E-state index contributed by atoms with van der Waals surface area (Å²) in [5.74, 6) is 0. The van der Waals surface area contributed by atoms with Gasteiger partial charge >= 0.3 is 0 Å². The Labute approximate surface area is 504 Å². The monoisotopic (exact) mass is 1110 g/mol. The Hall–Kier alpha value is -9.90. The van der Waals surface area contributed by atoms with Crippen molar-refractivity contribution in [1.29, 1.82) is 0 Å². The van der Waals surface area contributed by atoms with Crippen LogP contribution >= 0.6 is 0 Å². The highest BCUT2D eigenvalue weighted by atomic mass is 16.1. The second-order valence-electron chi connectivity index (χ2n) is 25.6. The number of nitrogens with zero attached hydrogens (tertiary/aromatic N) is 2. The third-order valence-electron chi connectivity index (χ3n) is 19.4. The minimum absolute atomic E-state index is 0.0695. The summed E-state index contributed by atoms with van der Waals surface area (Å²) >= 11 is 0. The molecule has 0 heterocycles. The molecule has 0 fully saturated rings. The molecule has 12 aromatic rings. The van der Waals surface area contributed by atoms with Crippen LogP contribution in [0.5, 0.6) is 0 Å². The summed E-state index contributed by atoms with van der Waals surface area (Å²) in [7, 11) is 0. The van der Waals surface area contributed by atoms with E-state index >= 15 is 9.59 Å². The zero-order chi connectivity index (χ0) is 59.3. The summed E-state index contributed by atoms with van der Waals surface area (Å²) in [5.41, 5.74) is 15.5. The lowest BCUT2D eigenvalue weighted by Crippen LogP contribution is -2.20. The Bertz CT molecular complexity index is 4340. The van der Waals surface area contributed by atoms with Crippen molar-refractivity contribution in [3.8, 4) is 11.1 Å². The van der Waals surface area contributed by atoms with Crippen LogP contribution in [0.15, 0.2) is 277 Å². The molecule has 0 saturated carbocycles. The minimum atomic E-state index is -0.260. The van der Waals surface area contributed by atoms with Crippen molar-refractivity contribution >= 4 is 77.2 Å². The largest absolute Gasteiger partial charge is 0.310 e. The van der Waals surface area contributed by atoms with Crippen molar-refractivity contribution in [2.24, 2.45) is 0 Å². The maximum absolute atomic E-state index is 16.0. The molecule has 14 rings (SSSR count). The molecular formula is C82H68N2O2. The number of anilines is 6. The Kier molecular flexibility index (Phi) is 12.8. The van der Waals surface area contributed by atoms with Gasteiger partial charge in [0, 0.05) is 98.6 Å². The molecule has 0 spiro atoms. The molecule has 0 saturated heterocycles. The fraction of sp³-hybridized carbons (Fsp3) is 0.146. The molecule has 2 aliphatic rings. The van der Waals surface area contributed by atoms with Crippen LogP contribution in [0.25, 0.3) is 54.2 Å². The van der Waals surface area contributed by atoms with Gasteiger partial charge in [0.1, 0.15) is 0 Å². The number of rotatable bonds is 14. The van der Waals surface area contributed by atoms with Gasteiger partial charge in [0.15, 0.2) is 10.9 Å². The van der Waals surface area contributed by atoms with Crippen molar-refractivity contribution in [2.75, 3.05) is 9.80 Å². The number of benzene rings is 14. The molecule has 418 valence electrons. The van der Waals surface area contributed by atoms with Gasteiger partial charge in [0.05, 0.1) is 11.4 Å². The summed E-state index contributed by atoms with van der Waals surface area (Å²) in [6, 6.07) is 94.4. The first-order chi connectivity index (χ1) is 41.5. The van der Waals surface area contributed by atoms with Crippen molar-refractivity contribution < 1.29 is 0 Å². The van der Waals surface area contributed by atoms with Crippen LogP contribution in [-0.4, -0.2) is 0 Å². The Morgan fingerprint density at radius 1 is 0.233 bits per heavy atom. The van der Waals surface area contributed by atoms with Crippen molar-refractivity contribution in [3.63, 3.8) is 0 Å². The lowest BCUT2D eigenvalue weighted by molar-refractivity contribution is 0.640. The third kappa shape index (κ3) is 8.64. The zero-order valence-electron chi connectivity index (χ0n) is 50.1. The molecule has 12 aromatic carbocycles. The maximum Gasteiger partial charge on any atom is 0.194 e. The van der Waals surface area contributed by atoms with Crippen molar-refractivity contribution in [1.82, 2.24) is 0 Å². The Morgan fingerprint density at radius 3 is 0.698 bits per heavy atom. The lowest BCUT2D eigenvalue weighted by Gasteiger charge is -2.33. The quantitative estimate of drug-likeness (QED) is 0.0804.